The summed E-state index contributed by atoms with van der Waals surface area (Å²) >= 11 is 0. The van der Waals surface area contributed by atoms with Gasteiger partial charge in [0, 0.05) is 39.1 Å². The zero-order valence-electron chi connectivity index (χ0n) is 14.9. The number of rotatable bonds is 6. The number of nitrogens with zero attached hydrogens (tertiary/aromatic N) is 2. The van der Waals surface area contributed by atoms with Crippen LogP contribution >= 0.6 is 0 Å². The predicted octanol–water partition coefficient (Wildman–Crippen LogP) is 0.854. The van der Waals surface area contributed by atoms with Crippen molar-refractivity contribution in [3.05, 3.63) is 24.2 Å². The van der Waals surface area contributed by atoms with Crippen molar-refractivity contribution < 1.29 is 18.7 Å². The molecule has 2 saturated heterocycles. The summed E-state index contributed by atoms with van der Waals surface area (Å²) in [6, 6.07) is 3.64. The Kier molecular flexibility index (Phi) is 5.75. The summed E-state index contributed by atoms with van der Waals surface area (Å²) in [5, 5.41) is 2.98. The molecule has 0 radical (unpaired) electrons. The molecule has 0 saturated carbocycles. The topological polar surface area (TPSA) is 75.0 Å². The average molecular weight is 349 g/mol. The van der Waals surface area contributed by atoms with E-state index in [4.69, 9.17) is 9.15 Å². The number of morpholine rings is 1. The average Bonchev–Trinajstić information content (AvgIpc) is 3.17. The van der Waals surface area contributed by atoms with E-state index in [1.807, 2.05) is 6.07 Å². The van der Waals surface area contributed by atoms with Gasteiger partial charge in [0.05, 0.1) is 30.9 Å². The molecule has 25 heavy (non-hydrogen) atoms. The number of hydrogen-bond acceptors (Lipinski definition) is 5. The van der Waals surface area contributed by atoms with E-state index in [0.717, 1.165) is 25.4 Å². The fourth-order valence-electron chi connectivity index (χ4n) is 3.64. The maximum Gasteiger partial charge on any atom is 0.225 e. The van der Waals surface area contributed by atoms with Gasteiger partial charge in [0.25, 0.3) is 0 Å². The highest BCUT2D eigenvalue weighted by atomic mass is 16.5. The standard InChI is InChI=1S/C18H27N3O4/c1-13-9-20(10-14(2)25-13)6-5-19-18(23)15-8-17(22)21(11-15)12-16-4-3-7-24-16/h3-4,7,13-15H,5-6,8-12H2,1-2H3,(H,19,23)/t13-,14+,15-/m1/s1. The lowest BCUT2D eigenvalue weighted by atomic mass is 10.1. The molecule has 7 heteroatoms. The summed E-state index contributed by atoms with van der Waals surface area (Å²) in [6.45, 7) is 8.20. The van der Waals surface area contributed by atoms with Gasteiger partial charge in [0.1, 0.15) is 5.76 Å². The van der Waals surface area contributed by atoms with Crippen molar-refractivity contribution in [2.45, 2.75) is 39.0 Å². The van der Waals surface area contributed by atoms with Gasteiger partial charge in [-0.2, -0.15) is 0 Å². The molecule has 1 aromatic rings. The van der Waals surface area contributed by atoms with Crippen molar-refractivity contribution in [1.29, 1.82) is 0 Å². The minimum atomic E-state index is -0.273. The van der Waals surface area contributed by atoms with Crippen LogP contribution in [0.5, 0.6) is 0 Å². The maximum absolute atomic E-state index is 12.4. The number of nitrogens with one attached hydrogen (secondary N) is 1. The van der Waals surface area contributed by atoms with Crippen molar-refractivity contribution in [3.8, 4) is 0 Å². The van der Waals surface area contributed by atoms with Crippen LogP contribution in [0.2, 0.25) is 0 Å². The molecule has 2 amide bonds. The molecule has 0 bridgehead atoms. The van der Waals surface area contributed by atoms with Gasteiger partial charge in [-0.3, -0.25) is 14.5 Å². The summed E-state index contributed by atoms with van der Waals surface area (Å²) in [4.78, 5) is 28.4. The Morgan fingerprint density at radius 2 is 2.04 bits per heavy atom. The molecule has 2 aliphatic rings. The van der Waals surface area contributed by atoms with Crippen LogP contribution in [0.4, 0.5) is 0 Å². The molecule has 0 spiro atoms. The van der Waals surface area contributed by atoms with E-state index in [-0.39, 0.29) is 36.4 Å². The van der Waals surface area contributed by atoms with E-state index in [1.54, 1.807) is 17.2 Å². The van der Waals surface area contributed by atoms with Gasteiger partial charge < -0.3 is 19.4 Å². The molecule has 1 aromatic heterocycles. The molecule has 3 atom stereocenters. The summed E-state index contributed by atoms with van der Waals surface area (Å²) in [5.74, 6) is 0.437. The second-order valence-corrected chi connectivity index (χ2v) is 7.06. The van der Waals surface area contributed by atoms with Crippen molar-refractivity contribution in [2.75, 3.05) is 32.7 Å². The first kappa shape index (κ1) is 17.9. The summed E-state index contributed by atoms with van der Waals surface area (Å²) in [5.41, 5.74) is 0. The van der Waals surface area contributed by atoms with E-state index >= 15 is 0 Å². The Morgan fingerprint density at radius 3 is 2.72 bits per heavy atom. The van der Waals surface area contributed by atoms with Gasteiger partial charge in [-0.25, -0.2) is 0 Å². The highest BCUT2D eigenvalue weighted by Crippen LogP contribution is 2.20. The molecule has 2 fully saturated rings. The van der Waals surface area contributed by atoms with Crippen LogP contribution in [-0.2, 0) is 20.9 Å². The van der Waals surface area contributed by atoms with Crippen molar-refractivity contribution in [3.63, 3.8) is 0 Å². The van der Waals surface area contributed by atoms with Gasteiger partial charge in [-0.05, 0) is 26.0 Å². The molecule has 7 nitrogen and oxygen atoms in total. The van der Waals surface area contributed by atoms with Gasteiger partial charge in [0.2, 0.25) is 11.8 Å². The Morgan fingerprint density at radius 1 is 1.28 bits per heavy atom. The number of amides is 2. The zero-order valence-corrected chi connectivity index (χ0v) is 14.9. The van der Waals surface area contributed by atoms with Crippen molar-refractivity contribution in [2.24, 2.45) is 5.92 Å². The second-order valence-electron chi connectivity index (χ2n) is 7.06. The van der Waals surface area contributed by atoms with Gasteiger partial charge >= 0.3 is 0 Å². The van der Waals surface area contributed by atoms with Crippen LogP contribution in [-0.4, -0.2) is 66.5 Å². The molecule has 138 valence electrons. The first-order chi connectivity index (χ1) is 12.0. The fraction of sp³-hybridized carbons (Fsp3) is 0.667. The van der Waals surface area contributed by atoms with E-state index in [0.29, 0.717) is 19.6 Å². The number of ether oxygens (including phenoxy) is 1. The number of likely N-dealkylation sites (tertiary alicyclic amines) is 1. The molecule has 3 heterocycles. The summed E-state index contributed by atoms with van der Waals surface area (Å²) < 4.78 is 11.0. The molecular weight excluding hydrogens is 322 g/mol. The Balaban J connectivity index is 1.40. The Bertz CT molecular complexity index is 579. The molecular formula is C18H27N3O4. The van der Waals surface area contributed by atoms with Crippen LogP contribution < -0.4 is 5.32 Å². The largest absolute Gasteiger partial charge is 0.467 e. The first-order valence-corrected chi connectivity index (χ1v) is 8.97. The van der Waals surface area contributed by atoms with Crippen LogP contribution in [0.1, 0.15) is 26.0 Å². The zero-order chi connectivity index (χ0) is 17.8. The van der Waals surface area contributed by atoms with E-state index in [2.05, 4.69) is 24.1 Å². The third-order valence-electron chi connectivity index (χ3n) is 4.73. The quantitative estimate of drug-likeness (QED) is 0.824. The molecule has 0 aliphatic carbocycles. The fourth-order valence-corrected chi connectivity index (χ4v) is 3.64. The minimum Gasteiger partial charge on any atom is -0.467 e. The predicted molar refractivity (Wildman–Crippen MR) is 91.7 cm³/mol. The smallest absolute Gasteiger partial charge is 0.225 e. The lowest BCUT2D eigenvalue weighted by Gasteiger charge is -2.35. The minimum absolute atomic E-state index is 0.00683. The normalized spacial score (nSPS) is 27.7. The Labute approximate surface area is 148 Å². The number of carbonyl (C=O) groups is 2. The third kappa shape index (κ3) is 4.83. The van der Waals surface area contributed by atoms with Crippen LogP contribution in [0.15, 0.2) is 22.8 Å². The van der Waals surface area contributed by atoms with Crippen molar-refractivity contribution >= 4 is 11.8 Å². The van der Waals surface area contributed by atoms with Crippen LogP contribution in [0, 0.1) is 5.92 Å². The van der Waals surface area contributed by atoms with Gasteiger partial charge in [-0.15, -0.1) is 0 Å². The number of hydrogen-bond donors (Lipinski definition) is 1. The van der Waals surface area contributed by atoms with Crippen LogP contribution in [0.3, 0.4) is 0 Å². The van der Waals surface area contributed by atoms with E-state index < -0.39 is 0 Å². The van der Waals surface area contributed by atoms with Gasteiger partial charge in [-0.1, -0.05) is 0 Å². The number of carbonyl (C=O) groups excluding carboxylic acids is 2. The highest BCUT2D eigenvalue weighted by Gasteiger charge is 2.34. The summed E-state index contributed by atoms with van der Waals surface area (Å²) in [7, 11) is 0. The Hall–Kier alpha value is -1.86. The highest BCUT2D eigenvalue weighted by molar-refractivity contribution is 5.89. The van der Waals surface area contributed by atoms with Gasteiger partial charge in [0.15, 0.2) is 0 Å². The molecule has 1 N–H and O–H groups in total. The first-order valence-electron chi connectivity index (χ1n) is 8.97. The SMILES string of the molecule is C[C@@H]1CN(CCNC(=O)[C@@H]2CC(=O)N(Cc3ccco3)C2)C[C@H](C)O1. The number of furan rings is 1. The van der Waals surface area contributed by atoms with Crippen molar-refractivity contribution in [1.82, 2.24) is 15.1 Å². The van der Waals surface area contributed by atoms with E-state index in [1.165, 1.54) is 0 Å². The molecule has 3 rings (SSSR count). The lowest BCUT2D eigenvalue weighted by molar-refractivity contribution is -0.129. The lowest BCUT2D eigenvalue weighted by Crippen LogP contribution is -2.48. The van der Waals surface area contributed by atoms with E-state index in [9.17, 15) is 9.59 Å². The molecule has 2 aliphatic heterocycles. The second kappa shape index (κ2) is 8.01. The molecule has 0 aromatic carbocycles. The third-order valence-corrected chi connectivity index (χ3v) is 4.73. The monoisotopic (exact) mass is 349 g/mol. The molecule has 0 unspecified atom stereocenters. The maximum atomic E-state index is 12.4. The summed E-state index contributed by atoms with van der Waals surface area (Å²) in [6.07, 6.45) is 2.31. The van der Waals surface area contributed by atoms with Crippen LogP contribution in [0.25, 0.3) is 0 Å².